The molecule has 0 aliphatic rings. The molecule has 0 heterocycles. The summed E-state index contributed by atoms with van der Waals surface area (Å²) < 4.78 is 0. The lowest BCUT2D eigenvalue weighted by Gasteiger charge is -2.06. The second kappa shape index (κ2) is 4.48. The van der Waals surface area contributed by atoms with Crippen LogP contribution in [0.3, 0.4) is 0 Å². The summed E-state index contributed by atoms with van der Waals surface area (Å²) in [6, 6.07) is 7.77. The minimum Gasteiger partial charge on any atom is -0.359 e. The Hall–Kier alpha value is -1.75. The highest BCUT2D eigenvalue weighted by molar-refractivity contribution is 5.92. The molecule has 2 nitrogen and oxygen atoms in total. The molecule has 1 amide bonds. The van der Waals surface area contributed by atoms with Crippen molar-refractivity contribution in [1.82, 2.24) is 0 Å². The highest BCUT2D eigenvalue weighted by atomic mass is 16.1. The molecule has 0 aromatic heterocycles. The molecule has 0 atom stereocenters. The van der Waals surface area contributed by atoms with Gasteiger partial charge in [0.25, 0.3) is 5.91 Å². The molecular formula is C12H13NO. The Balaban J connectivity index is 3.10. The Morgan fingerprint density at radius 1 is 1.36 bits per heavy atom. The van der Waals surface area contributed by atoms with Crippen LogP contribution in [-0.4, -0.2) is 5.91 Å². The third-order valence-corrected chi connectivity index (χ3v) is 1.90. The highest BCUT2D eigenvalue weighted by Gasteiger charge is 2.02. The van der Waals surface area contributed by atoms with Crippen molar-refractivity contribution in [2.75, 3.05) is 0 Å². The summed E-state index contributed by atoms with van der Waals surface area (Å²) in [7, 11) is 0. The predicted octanol–water partition coefficient (Wildman–Crippen LogP) is 1.65. The van der Waals surface area contributed by atoms with E-state index >= 15 is 0 Å². The molecule has 0 aliphatic carbocycles. The quantitative estimate of drug-likeness (QED) is 0.667. The largest absolute Gasteiger partial charge is 0.359 e. The molecule has 14 heavy (non-hydrogen) atoms. The van der Waals surface area contributed by atoms with Crippen molar-refractivity contribution in [2.24, 2.45) is 5.73 Å². The summed E-state index contributed by atoms with van der Waals surface area (Å²) in [5, 5.41) is 0. The van der Waals surface area contributed by atoms with Gasteiger partial charge < -0.3 is 5.73 Å². The molecule has 0 bridgehead atoms. The molecule has 0 unspecified atom stereocenters. The van der Waals surface area contributed by atoms with Gasteiger partial charge in [0.15, 0.2) is 0 Å². The maximum Gasteiger partial charge on any atom is 0.293 e. The van der Waals surface area contributed by atoms with E-state index in [2.05, 4.69) is 25.7 Å². The lowest BCUT2D eigenvalue weighted by atomic mass is 9.98. The first-order chi connectivity index (χ1) is 6.61. The van der Waals surface area contributed by atoms with Crippen LogP contribution in [0.15, 0.2) is 24.3 Å². The Labute approximate surface area is 84.1 Å². The maximum atomic E-state index is 10.5. The van der Waals surface area contributed by atoms with E-state index in [4.69, 9.17) is 5.73 Å². The zero-order chi connectivity index (χ0) is 10.6. The fourth-order valence-corrected chi connectivity index (χ4v) is 1.24. The van der Waals surface area contributed by atoms with Gasteiger partial charge in [-0.2, -0.15) is 0 Å². The first-order valence-electron chi connectivity index (χ1n) is 4.51. The summed E-state index contributed by atoms with van der Waals surface area (Å²) in [5.41, 5.74) is 6.97. The molecular weight excluding hydrogens is 174 g/mol. The minimum atomic E-state index is -0.594. The molecule has 0 radical (unpaired) electrons. The molecule has 0 saturated heterocycles. The van der Waals surface area contributed by atoms with Gasteiger partial charge in [-0.3, -0.25) is 4.79 Å². The van der Waals surface area contributed by atoms with Gasteiger partial charge in [-0.25, -0.2) is 0 Å². The van der Waals surface area contributed by atoms with Gasteiger partial charge in [-0.05, 0) is 23.5 Å². The number of amides is 1. The van der Waals surface area contributed by atoms with Crippen molar-refractivity contribution in [3.63, 3.8) is 0 Å². The summed E-state index contributed by atoms with van der Waals surface area (Å²) in [5.74, 6) is 4.92. The first-order valence-corrected chi connectivity index (χ1v) is 4.51. The normalized spacial score (nSPS) is 9.36. The Morgan fingerprint density at radius 2 is 2.00 bits per heavy atom. The van der Waals surface area contributed by atoms with Gasteiger partial charge >= 0.3 is 0 Å². The Bertz CT molecular complexity index is 396. The van der Waals surface area contributed by atoms with Crippen LogP contribution in [-0.2, 0) is 4.79 Å². The van der Waals surface area contributed by atoms with Crippen molar-refractivity contribution in [1.29, 1.82) is 0 Å². The van der Waals surface area contributed by atoms with E-state index in [0.29, 0.717) is 5.92 Å². The molecule has 1 aromatic rings. The lowest BCUT2D eigenvalue weighted by molar-refractivity contribution is -0.112. The van der Waals surface area contributed by atoms with E-state index in [1.54, 1.807) is 0 Å². The van der Waals surface area contributed by atoms with Crippen LogP contribution in [0, 0.1) is 11.8 Å². The fourth-order valence-electron chi connectivity index (χ4n) is 1.24. The van der Waals surface area contributed by atoms with Gasteiger partial charge in [0.2, 0.25) is 0 Å². The van der Waals surface area contributed by atoms with E-state index in [1.165, 1.54) is 0 Å². The maximum absolute atomic E-state index is 10.5. The van der Waals surface area contributed by atoms with Crippen LogP contribution >= 0.6 is 0 Å². The van der Waals surface area contributed by atoms with E-state index in [-0.39, 0.29) is 0 Å². The Kier molecular flexibility index (Phi) is 3.30. The topological polar surface area (TPSA) is 43.1 Å². The average molecular weight is 187 g/mol. The molecule has 72 valence electrons. The van der Waals surface area contributed by atoms with E-state index in [9.17, 15) is 4.79 Å². The SMILES string of the molecule is CC(C)c1ccccc1C#CC(N)=O. The van der Waals surface area contributed by atoms with Gasteiger partial charge in [0.1, 0.15) is 0 Å². The van der Waals surface area contributed by atoms with Crippen molar-refractivity contribution in [3.8, 4) is 11.8 Å². The number of rotatable bonds is 1. The number of hydrogen-bond donors (Lipinski definition) is 1. The molecule has 2 heteroatoms. The summed E-state index contributed by atoms with van der Waals surface area (Å²) in [6.07, 6.45) is 0. The number of primary amides is 1. The van der Waals surface area contributed by atoms with Gasteiger partial charge in [0.05, 0.1) is 0 Å². The second-order valence-corrected chi connectivity index (χ2v) is 3.36. The van der Waals surface area contributed by atoms with E-state index in [0.717, 1.165) is 11.1 Å². The number of carbonyl (C=O) groups is 1. The zero-order valence-electron chi connectivity index (χ0n) is 8.37. The van der Waals surface area contributed by atoms with E-state index < -0.39 is 5.91 Å². The molecule has 1 aromatic carbocycles. The molecule has 0 aliphatic heterocycles. The summed E-state index contributed by atoms with van der Waals surface area (Å²) in [4.78, 5) is 10.5. The fraction of sp³-hybridized carbons (Fsp3) is 0.250. The highest BCUT2D eigenvalue weighted by Crippen LogP contribution is 2.17. The first kappa shape index (κ1) is 10.3. The number of carbonyl (C=O) groups excluding carboxylic acids is 1. The van der Waals surface area contributed by atoms with Gasteiger partial charge in [0, 0.05) is 5.56 Å². The third kappa shape index (κ3) is 2.63. The van der Waals surface area contributed by atoms with Gasteiger partial charge in [-0.1, -0.05) is 38.0 Å². The van der Waals surface area contributed by atoms with Gasteiger partial charge in [-0.15, -0.1) is 0 Å². The van der Waals surface area contributed by atoms with Crippen molar-refractivity contribution >= 4 is 5.91 Å². The molecule has 0 saturated carbocycles. The van der Waals surface area contributed by atoms with Crippen LogP contribution in [0.5, 0.6) is 0 Å². The zero-order valence-corrected chi connectivity index (χ0v) is 8.37. The van der Waals surface area contributed by atoms with Crippen LogP contribution in [0.1, 0.15) is 30.9 Å². The van der Waals surface area contributed by atoms with Crippen LogP contribution in [0.4, 0.5) is 0 Å². The Morgan fingerprint density at radius 3 is 2.57 bits per heavy atom. The van der Waals surface area contributed by atoms with Crippen molar-refractivity contribution in [3.05, 3.63) is 35.4 Å². The number of hydrogen-bond acceptors (Lipinski definition) is 1. The van der Waals surface area contributed by atoms with Crippen LogP contribution in [0.25, 0.3) is 0 Å². The monoisotopic (exact) mass is 187 g/mol. The lowest BCUT2D eigenvalue weighted by Crippen LogP contribution is -2.06. The van der Waals surface area contributed by atoms with E-state index in [1.807, 2.05) is 24.3 Å². The standard InChI is InChI=1S/C12H13NO/c1-9(2)11-6-4-3-5-10(11)7-8-12(13)14/h3-6,9H,1-2H3,(H2,13,14). The van der Waals surface area contributed by atoms with Crippen LogP contribution in [0.2, 0.25) is 0 Å². The predicted molar refractivity (Wildman–Crippen MR) is 56.6 cm³/mol. The third-order valence-electron chi connectivity index (χ3n) is 1.90. The smallest absolute Gasteiger partial charge is 0.293 e. The number of nitrogens with two attached hydrogens (primary N) is 1. The molecule has 0 fully saturated rings. The molecule has 0 spiro atoms. The average Bonchev–Trinajstić information content (AvgIpc) is 2.15. The summed E-state index contributed by atoms with van der Waals surface area (Å²) in [6.45, 7) is 4.18. The minimum absolute atomic E-state index is 0.397. The molecule has 1 rings (SSSR count). The summed E-state index contributed by atoms with van der Waals surface area (Å²) >= 11 is 0. The van der Waals surface area contributed by atoms with Crippen LogP contribution < -0.4 is 5.73 Å². The molecule has 2 N–H and O–H groups in total. The number of benzene rings is 1. The second-order valence-electron chi connectivity index (χ2n) is 3.36. The van der Waals surface area contributed by atoms with Crippen molar-refractivity contribution in [2.45, 2.75) is 19.8 Å². The van der Waals surface area contributed by atoms with Crippen molar-refractivity contribution < 1.29 is 4.79 Å².